The van der Waals surface area contributed by atoms with Gasteiger partial charge in [0.05, 0.1) is 6.04 Å². The number of hydrogen-bond donors (Lipinski definition) is 0. The first-order valence-electron chi connectivity index (χ1n) is 8.88. The zero-order chi connectivity index (χ0) is 18.3. The van der Waals surface area contributed by atoms with E-state index in [0.717, 1.165) is 56.3 Å². The maximum Gasteiger partial charge on any atom is 0.249 e. The molecule has 9 heteroatoms. The number of nitrogens with zero attached hydrogens (tertiary/aromatic N) is 4. The van der Waals surface area contributed by atoms with Crippen LogP contribution in [0.25, 0.3) is 0 Å². The highest BCUT2D eigenvalue weighted by Crippen LogP contribution is 2.37. The Hall–Kier alpha value is -1.87. The van der Waals surface area contributed by atoms with E-state index >= 15 is 0 Å². The van der Waals surface area contributed by atoms with Crippen molar-refractivity contribution in [2.24, 2.45) is 0 Å². The molecule has 0 N–H and O–H groups in total. The predicted octanol–water partition coefficient (Wildman–Crippen LogP) is 2.81. The molecule has 0 unspecified atom stereocenters. The quantitative estimate of drug-likeness (QED) is 0.819. The van der Waals surface area contributed by atoms with Crippen molar-refractivity contribution in [2.75, 3.05) is 6.54 Å². The molecule has 0 amide bonds. The van der Waals surface area contributed by atoms with E-state index in [9.17, 15) is 17.2 Å². The minimum atomic E-state index is -4.31. The van der Waals surface area contributed by atoms with Crippen LogP contribution in [0.2, 0.25) is 0 Å². The van der Waals surface area contributed by atoms with Crippen molar-refractivity contribution in [3.63, 3.8) is 0 Å². The van der Waals surface area contributed by atoms with Gasteiger partial charge in [0, 0.05) is 19.5 Å². The first kappa shape index (κ1) is 17.5. The summed E-state index contributed by atoms with van der Waals surface area (Å²) >= 11 is 0. The molecule has 1 aromatic heterocycles. The Kier molecular flexibility index (Phi) is 4.52. The van der Waals surface area contributed by atoms with Crippen molar-refractivity contribution < 1.29 is 17.2 Å². The fourth-order valence-electron chi connectivity index (χ4n) is 3.89. The summed E-state index contributed by atoms with van der Waals surface area (Å²) in [4.78, 5) is -0.887. The summed E-state index contributed by atoms with van der Waals surface area (Å²) in [6.07, 6.45) is 5.10. The summed E-state index contributed by atoms with van der Waals surface area (Å²) in [6, 6.07) is 2.54. The van der Waals surface area contributed by atoms with E-state index in [-0.39, 0.29) is 6.54 Å². The molecule has 2 aliphatic heterocycles. The van der Waals surface area contributed by atoms with E-state index in [1.54, 1.807) is 0 Å². The minimum Gasteiger partial charge on any atom is -0.314 e. The molecule has 1 fully saturated rings. The summed E-state index contributed by atoms with van der Waals surface area (Å²) in [7, 11) is -4.31. The summed E-state index contributed by atoms with van der Waals surface area (Å²) < 4.78 is 57.4. The number of fused-ring (bicyclic) bond motifs is 1. The molecule has 0 aliphatic carbocycles. The highest BCUT2D eigenvalue weighted by molar-refractivity contribution is 7.89. The Labute approximate surface area is 150 Å². The Morgan fingerprint density at radius 1 is 1.00 bits per heavy atom. The van der Waals surface area contributed by atoms with Gasteiger partial charge in [0.1, 0.15) is 17.5 Å². The summed E-state index contributed by atoms with van der Waals surface area (Å²) in [5, 5.41) is 8.47. The molecule has 0 radical (unpaired) electrons. The van der Waals surface area contributed by atoms with E-state index in [4.69, 9.17) is 0 Å². The number of aryl methyl sites for hydroxylation is 1. The Bertz CT molecular complexity index is 909. The zero-order valence-electron chi connectivity index (χ0n) is 14.2. The molecule has 0 spiro atoms. The highest BCUT2D eigenvalue weighted by atomic mass is 32.2. The SMILES string of the molecule is O=S(=O)(c1c(F)cccc1F)N1CCC[C@H]1c1nnc2n1CCCCC2. The summed E-state index contributed by atoms with van der Waals surface area (Å²) in [5.74, 6) is -0.704. The Balaban J connectivity index is 1.75. The lowest BCUT2D eigenvalue weighted by Gasteiger charge is -2.24. The van der Waals surface area contributed by atoms with Gasteiger partial charge < -0.3 is 4.57 Å². The number of rotatable bonds is 3. The molecule has 140 valence electrons. The van der Waals surface area contributed by atoms with E-state index < -0.39 is 32.6 Å². The van der Waals surface area contributed by atoms with Gasteiger partial charge in [0.15, 0.2) is 10.7 Å². The number of halogens is 2. The largest absolute Gasteiger partial charge is 0.314 e. The average Bonchev–Trinajstić information content (AvgIpc) is 3.16. The Morgan fingerprint density at radius 2 is 1.77 bits per heavy atom. The van der Waals surface area contributed by atoms with Crippen LogP contribution in [0.4, 0.5) is 8.78 Å². The molecule has 3 heterocycles. The minimum absolute atomic E-state index is 0.211. The van der Waals surface area contributed by atoms with Crippen molar-refractivity contribution >= 4 is 10.0 Å². The van der Waals surface area contributed by atoms with Crippen molar-refractivity contribution in [2.45, 2.75) is 56.0 Å². The molecule has 1 atom stereocenters. The smallest absolute Gasteiger partial charge is 0.249 e. The van der Waals surface area contributed by atoms with Gasteiger partial charge in [-0.15, -0.1) is 10.2 Å². The molecular formula is C17H20F2N4O2S. The third-order valence-electron chi connectivity index (χ3n) is 5.13. The van der Waals surface area contributed by atoms with Crippen LogP contribution in [0.1, 0.15) is 49.8 Å². The van der Waals surface area contributed by atoms with E-state index in [0.29, 0.717) is 18.7 Å². The van der Waals surface area contributed by atoms with E-state index in [1.807, 2.05) is 4.57 Å². The van der Waals surface area contributed by atoms with Crippen molar-refractivity contribution in [3.05, 3.63) is 41.5 Å². The second-order valence-electron chi connectivity index (χ2n) is 6.76. The van der Waals surface area contributed by atoms with Crippen LogP contribution in [0, 0.1) is 11.6 Å². The van der Waals surface area contributed by atoms with Crippen LogP contribution in [0.5, 0.6) is 0 Å². The first-order valence-corrected chi connectivity index (χ1v) is 10.3. The standard InChI is InChI=1S/C17H20F2N4O2S/c18-12-6-4-7-13(19)16(12)26(24,25)23-11-5-8-14(23)17-21-20-15-9-2-1-3-10-22(15)17/h4,6-7,14H,1-3,5,8-11H2/t14-/m0/s1. The average molecular weight is 382 g/mol. The molecule has 0 saturated carbocycles. The lowest BCUT2D eigenvalue weighted by atomic mass is 10.2. The molecular weight excluding hydrogens is 362 g/mol. The topological polar surface area (TPSA) is 68.1 Å². The summed E-state index contributed by atoms with van der Waals surface area (Å²) in [5.41, 5.74) is 0. The van der Waals surface area contributed by atoms with Crippen LogP contribution in [-0.4, -0.2) is 34.0 Å². The molecule has 6 nitrogen and oxygen atoms in total. The molecule has 2 aromatic rings. The highest BCUT2D eigenvalue weighted by Gasteiger charge is 2.41. The molecule has 1 saturated heterocycles. The van der Waals surface area contributed by atoms with Gasteiger partial charge in [-0.25, -0.2) is 17.2 Å². The van der Waals surface area contributed by atoms with E-state index in [2.05, 4.69) is 10.2 Å². The fraction of sp³-hybridized carbons (Fsp3) is 0.529. The molecule has 4 rings (SSSR count). The fourth-order valence-corrected chi connectivity index (χ4v) is 5.65. The third kappa shape index (κ3) is 2.83. The van der Waals surface area contributed by atoms with Crippen LogP contribution in [0.3, 0.4) is 0 Å². The van der Waals surface area contributed by atoms with Gasteiger partial charge in [-0.05, 0) is 37.8 Å². The Morgan fingerprint density at radius 3 is 2.54 bits per heavy atom. The number of hydrogen-bond acceptors (Lipinski definition) is 4. The van der Waals surface area contributed by atoms with E-state index in [1.165, 1.54) is 4.31 Å². The maximum atomic E-state index is 14.1. The lowest BCUT2D eigenvalue weighted by molar-refractivity contribution is 0.365. The lowest BCUT2D eigenvalue weighted by Crippen LogP contribution is -2.33. The normalized spacial score (nSPS) is 21.5. The van der Waals surface area contributed by atoms with Gasteiger partial charge in [-0.1, -0.05) is 12.5 Å². The zero-order valence-corrected chi connectivity index (χ0v) is 15.1. The second kappa shape index (κ2) is 6.70. The molecule has 2 aliphatic rings. The van der Waals surface area contributed by atoms with Gasteiger partial charge >= 0.3 is 0 Å². The maximum absolute atomic E-state index is 14.1. The monoisotopic (exact) mass is 382 g/mol. The second-order valence-corrected chi connectivity index (χ2v) is 8.59. The van der Waals surface area contributed by atoms with Gasteiger partial charge in [-0.3, -0.25) is 0 Å². The predicted molar refractivity (Wildman–Crippen MR) is 89.8 cm³/mol. The molecule has 26 heavy (non-hydrogen) atoms. The van der Waals surface area contributed by atoms with Crippen molar-refractivity contribution in [1.29, 1.82) is 0 Å². The van der Waals surface area contributed by atoms with Crippen LogP contribution in [-0.2, 0) is 23.0 Å². The molecule has 0 bridgehead atoms. The number of sulfonamides is 1. The number of aromatic nitrogens is 3. The third-order valence-corrected chi connectivity index (χ3v) is 7.09. The van der Waals surface area contributed by atoms with Crippen molar-refractivity contribution in [3.8, 4) is 0 Å². The molecule has 1 aromatic carbocycles. The first-order chi connectivity index (χ1) is 12.5. The van der Waals surface area contributed by atoms with Gasteiger partial charge in [-0.2, -0.15) is 4.31 Å². The van der Waals surface area contributed by atoms with Gasteiger partial charge in [0.2, 0.25) is 10.0 Å². The summed E-state index contributed by atoms with van der Waals surface area (Å²) in [6.45, 7) is 0.957. The van der Waals surface area contributed by atoms with Crippen LogP contribution < -0.4 is 0 Å². The van der Waals surface area contributed by atoms with Crippen LogP contribution >= 0.6 is 0 Å². The van der Waals surface area contributed by atoms with Gasteiger partial charge in [0.25, 0.3) is 0 Å². The van der Waals surface area contributed by atoms with Crippen molar-refractivity contribution in [1.82, 2.24) is 19.1 Å². The van der Waals surface area contributed by atoms with Crippen LogP contribution in [0.15, 0.2) is 23.1 Å². The number of benzene rings is 1.